The van der Waals surface area contributed by atoms with Crippen molar-refractivity contribution in [1.82, 2.24) is 5.32 Å². The highest BCUT2D eigenvalue weighted by atomic mass is 19.3. The van der Waals surface area contributed by atoms with E-state index in [1.165, 1.54) is 12.1 Å². The third kappa shape index (κ3) is 4.16. The maximum atomic E-state index is 12.1. The van der Waals surface area contributed by atoms with Gasteiger partial charge in [-0.2, -0.15) is 8.78 Å². The van der Waals surface area contributed by atoms with E-state index < -0.39 is 12.7 Å². The lowest BCUT2D eigenvalue weighted by atomic mass is 10.1. The molecule has 1 atom stereocenters. The number of nitrogens with one attached hydrogen (secondary N) is 1. The Bertz CT molecular complexity index is 446. The Morgan fingerprint density at radius 3 is 2.50 bits per heavy atom. The SMILES string of the molecule is CCOC(=O)C(NC1CC1)c1ccc(OC(F)F)cc1. The zero-order chi connectivity index (χ0) is 14.5. The Labute approximate surface area is 116 Å². The molecule has 0 spiro atoms. The van der Waals surface area contributed by atoms with Gasteiger partial charge >= 0.3 is 12.6 Å². The van der Waals surface area contributed by atoms with E-state index in [0.29, 0.717) is 18.2 Å². The molecule has 0 saturated heterocycles. The van der Waals surface area contributed by atoms with Crippen molar-refractivity contribution in [2.75, 3.05) is 6.61 Å². The summed E-state index contributed by atoms with van der Waals surface area (Å²) in [6, 6.07) is 5.78. The van der Waals surface area contributed by atoms with E-state index in [-0.39, 0.29) is 11.7 Å². The summed E-state index contributed by atoms with van der Waals surface area (Å²) >= 11 is 0. The number of carbonyl (C=O) groups is 1. The van der Waals surface area contributed by atoms with Crippen LogP contribution < -0.4 is 10.1 Å². The summed E-state index contributed by atoms with van der Waals surface area (Å²) in [5.41, 5.74) is 0.678. The van der Waals surface area contributed by atoms with E-state index in [1.807, 2.05) is 0 Å². The van der Waals surface area contributed by atoms with Gasteiger partial charge in [0.15, 0.2) is 0 Å². The minimum Gasteiger partial charge on any atom is -0.465 e. The number of alkyl halides is 2. The lowest BCUT2D eigenvalue weighted by Gasteiger charge is -2.17. The molecule has 0 aromatic heterocycles. The van der Waals surface area contributed by atoms with Crippen molar-refractivity contribution in [1.29, 1.82) is 0 Å². The summed E-state index contributed by atoms with van der Waals surface area (Å²) in [7, 11) is 0. The van der Waals surface area contributed by atoms with Crippen LogP contribution in [0, 0.1) is 0 Å². The molecule has 1 unspecified atom stereocenters. The van der Waals surface area contributed by atoms with Crippen LogP contribution in [-0.4, -0.2) is 25.2 Å². The summed E-state index contributed by atoms with van der Waals surface area (Å²) in [6.07, 6.45) is 2.06. The molecule has 1 aliphatic carbocycles. The van der Waals surface area contributed by atoms with E-state index in [2.05, 4.69) is 10.1 Å². The normalized spacial score (nSPS) is 16.0. The van der Waals surface area contributed by atoms with Gasteiger partial charge in [0.1, 0.15) is 11.8 Å². The van der Waals surface area contributed by atoms with Gasteiger partial charge in [0.2, 0.25) is 0 Å². The molecule has 0 bridgehead atoms. The second kappa shape index (κ2) is 6.65. The summed E-state index contributed by atoms with van der Waals surface area (Å²) in [5.74, 6) is -0.292. The molecule has 1 N–H and O–H groups in total. The third-order valence-corrected chi connectivity index (χ3v) is 2.94. The predicted octanol–water partition coefficient (Wildman–Crippen LogP) is 2.64. The van der Waals surface area contributed by atoms with Crippen LogP contribution in [0.1, 0.15) is 31.4 Å². The fraction of sp³-hybridized carbons (Fsp3) is 0.500. The lowest BCUT2D eigenvalue weighted by molar-refractivity contribution is -0.145. The van der Waals surface area contributed by atoms with Gasteiger partial charge < -0.3 is 9.47 Å². The maximum Gasteiger partial charge on any atom is 0.387 e. The quantitative estimate of drug-likeness (QED) is 0.782. The number of ether oxygens (including phenoxy) is 2. The molecule has 0 aliphatic heterocycles. The van der Waals surface area contributed by atoms with Crippen molar-refractivity contribution in [3.63, 3.8) is 0 Å². The molecule has 6 heteroatoms. The first-order valence-corrected chi connectivity index (χ1v) is 6.57. The van der Waals surface area contributed by atoms with Crippen LogP contribution in [0.15, 0.2) is 24.3 Å². The number of carbonyl (C=O) groups excluding carboxylic acids is 1. The molecule has 4 nitrogen and oxygen atoms in total. The van der Waals surface area contributed by atoms with Crippen molar-refractivity contribution in [3.8, 4) is 5.75 Å². The zero-order valence-electron chi connectivity index (χ0n) is 11.1. The molecule has 0 heterocycles. The summed E-state index contributed by atoms with van der Waals surface area (Å²) < 4.78 is 33.5. The van der Waals surface area contributed by atoms with Gasteiger partial charge in [-0.05, 0) is 37.5 Å². The van der Waals surface area contributed by atoms with Gasteiger partial charge in [0.05, 0.1) is 6.61 Å². The summed E-state index contributed by atoms with van der Waals surface area (Å²) in [5, 5.41) is 3.19. The van der Waals surface area contributed by atoms with Crippen LogP contribution >= 0.6 is 0 Å². The van der Waals surface area contributed by atoms with E-state index in [9.17, 15) is 13.6 Å². The van der Waals surface area contributed by atoms with Crippen LogP contribution in [0.2, 0.25) is 0 Å². The Morgan fingerprint density at radius 2 is 2.00 bits per heavy atom. The van der Waals surface area contributed by atoms with Gasteiger partial charge in [-0.3, -0.25) is 5.32 Å². The van der Waals surface area contributed by atoms with Crippen LogP contribution in [0.3, 0.4) is 0 Å². The molecule has 1 saturated carbocycles. The maximum absolute atomic E-state index is 12.1. The molecule has 0 amide bonds. The van der Waals surface area contributed by atoms with E-state index in [4.69, 9.17) is 4.74 Å². The monoisotopic (exact) mass is 285 g/mol. The van der Waals surface area contributed by atoms with E-state index >= 15 is 0 Å². The number of halogens is 2. The van der Waals surface area contributed by atoms with Crippen LogP contribution in [-0.2, 0) is 9.53 Å². The van der Waals surface area contributed by atoms with Gasteiger partial charge in [0, 0.05) is 6.04 Å². The minimum absolute atomic E-state index is 0.0674. The van der Waals surface area contributed by atoms with E-state index in [0.717, 1.165) is 12.8 Å². The Kier molecular flexibility index (Phi) is 4.89. The first-order valence-electron chi connectivity index (χ1n) is 6.57. The predicted molar refractivity (Wildman–Crippen MR) is 68.6 cm³/mol. The van der Waals surface area contributed by atoms with Gasteiger partial charge in [-0.25, -0.2) is 4.79 Å². The molecular weight excluding hydrogens is 268 g/mol. The number of hydrogen-bond acceptors (Lipinski definition) is 4. The molecule has 2 rings (SSSR count). The third-order valence-electron chi connectivity index (χ3n) is 2.94. The average Bonchev–Trinajstić information content (AvgIpc) is 3.21. The van der Waals surface area contributed by atoms with Crippen LogP contribution in [0.25, 0.3) is 0 Å². The first kappa shape index (κ1) is 14.7. The number of benzene rings is 1. The fourth-order valence-corrected chi connectivity index (χ4v) is 1.85. The molecule has 0 radical (unpaired) electrons. The highest BCUT2D eigenvalue weighted by molar-refractivity contribution is 5.77. The average molecular weight is 285 g/mol. The van der Waals surface area contributed by atoms with Crippen molar-refractivity contribution in [3.05, 3.63) is 29.8 Å². The molecular formula is C14H17F2NO3. The Hall–Kier alpha value is -1.69. The summed E-state index contributed by atoms with van der Waals surface area (Å²) in [6.45, 7) is -0.814. The standard InChI is InChI=1S/C14H17F2NO3/c1-2-19-13(18)12(17-10-5-6-10)9-3-7-11(8-4-9)20-14(15)16/h3-4,7-8,10,12,14,17H,2,5-6H2,1H3. The van der Waals surface area contributed by atoms with Gasteiger partial charge in [-0.1, -0.05) is 12.1 Å². The number of hydrogen-bond donors (Lipinski definition) is 1. The lowest BCUT2D eigenvalue weighted by Crippen LogP contribution is -2.31. The smallest absolute Gasteiger partial charge is 0.387 e. The van der Waals surface area contributed by atoms with Gasteiger partial charge in [-0.15, -0.1) is 0 Å². The molecule has 1 fully saturated rings. The van der Waals surface area contributed by atoms with E-state index in [1.54, 1.807) is 19.1 Å². The Balaban J connectivity index is 2.08. The highest BCUT2D eigenvalue weighted by Crippen LogP contribution is 2.26. The molecule has 20 heavy (non-hydrogen) atoms. The van der Waals surface area contributed by atoms with Gasteiger partial charge in [0.25, 0.3) is 0 Å². The fourth-order valence-electron chi connectivity index (χ4n) is 1.85. The van der Waals surface area contributed by atoms with Crippen molar-refractivity contribution >= 4 is 5.97 Å². The molecule has 1 aromatic carbocycles. The first-order chi connectivity index (χ1) is 9.60. The van der Waals surface area contributed by atoms with Crippen LogP contribution in [0.4, 0.5) is 8.78 Å². The van der Waals surface area contributed by atoms with Crippen molar-refractivity contribution in [2.45, 2.75) is 38.5 Å². The highest BCUT2D eigenvalue weighted by Gasteiger charge is 2.30. The van der Waals surface area contributed by atoms with Crippen LogP contribution in [0.5, 0.6) is 5.75 Å². The Morgan fingerprint density at radius 1 is 1.35 bits per heavy atom. The summed E-state index contributed by atoms with van der Waals surface area (Å²) in [4.78, 5) is 11.9. The largest absolute Gasteiger partial charge is 0.465 e. The molecule has 1 aliphatic rings. The zero-order valence-corrected chi connectivity index (χ0v) is 11.1. The molecule has 110 valence electrons. The minimum atomic E-state index is -2.86. The number of esters is 1. The second-order valence-electron chi connectivity index (χ2n) is 4.57. The molecule has 1 aromatic rings. The van der Waals surface area contributed by atoms with Crippen molar-refractivity contribution < 1.29 is 23.0 Å². The second-order valence-corrected chi connectivity index (χ2v) is 4.57. The van der Waals surface area contributed by atoms with Crippen molar-refractivity contribution in [2.24, 2.45) is 0 Å². The topological polar surface area (TPSA) is 47.6 Å². The number of rotatable bonds is 7.